The van der Waals surface area contributed by atoms with Gasteiger partial charge in [0.25, 0.3) is 0 Å². The summed E-state index contributed by atoms with van der Waals surface area (Å²) in [6.45, 7) is 8.87. The average Bonchev–Trinajstić information content (AvgIpc) is 2.56. The lowest BCUT2D eigenvalue weighted by Crippen LogP contribution is -2.15. The Kier molecular flexibility index (Phi) is 7.08. The van der Waals surface area contributed by atoms with Crippen molar-refractivity contribution in [3.05, 3.63) is 46.7 Å². The largest absolute Gasteiger partial charge is 0.253 e. The van der Waals surface area contributed by atoms with E-state index in [1.165, 1.54) is 66.7 Å². The molecule has 23 heavy (non-hydrogen) atoms. The van der Waals surface area contributed by atoms with Gasteiger partial charge in [-0.2, -0.15) is 0 Å². The second-order valence-electron chi connectivity index (χ2n) is 7.10. The molecule has 1 atom stereocenters. The van der Waals surface area contributed by atoms with Gasteiger partial charge in [-0.05, 0) is 81.9 Å². The Balaban J connectivity index is 2.43. The molecule has 0 bridgehead atoms. The van der Waals surface area contributed by atoms with Gasteiger partial charge in [-0.3, -0.25) is 4.99 Å². The van der Waals surface area contributed by atoms with E-state index < -0.39 is 0 Å². The quantitative estimate of drug-likeness (QED) is 0.501. The predicted molar refractivity (Wildman–Crippen MR) is 103 cm³/mol. The number of aliphatic imine (C=N–C) groups is 1. The van der Waals surface area contributed by atoms with Gasteiger partial charge in [0.2, 0.25) is 0 Å². The van der Waals surface area contributed by atoms with Gasteiger partial charge < -0.3 is 0 Å². The van der Waals surface area contributed by atoms with E-state index in [9.17, 15) is 0 Å². The lowest BCUT2D eigenvalue weighted by molar-refractivity contribution is 0.595. The molecule has 1 heterocycles. The fourth-order valence-corrected chi connectivity index (χ4v) is 3.37. The zero-order valence-corrected chi connectivity index (χ0v) is 15.5. The number of fused-ring (bicyclic) bond motifs is 1. The molecule has 0 saturated carbocycles. The number of rotatable bonds is 3. The van der Waals surface area contributed by atoms with Crippen LogP contribution in [0.15, 0.2) is 51.7 Å². The maximum atomic E-state index is 5.18. The summed E-state index contributed by atoms with van der Waals surface area (Å²) in [5.74, 6) is 0.730. The van der Waals surface area contributed by atoms with E-state index >= 15 is 0 Å². The number of hydrogen-bond acceptors (Lipinski definition) is 1. The number of allylic oxidation sites excluding steroid dienone is 7. The van der Waals surface area contributed by atoms with Crippen LogP contribution in [0.1, 0.15) is 79.1 Å². The second kappa shape index (κ2) is 9.05. The standard InChI is InChI=1S/C22H33N/c1-5-17(3)13-15-21-19(6-2)10-8-7-9-11-20-14-12-18(4)16-22(20)23-21/h5,13-15,18H,6-12,16H2,1-4H3/b15-13-,17-5?,21-19?,23-22?. The highest BCUT2D eigenvalue weighted by molar-refractivity contribution is 6.01. The molecule has 0 N–H and O–H groups in total. The average molecular weight is 312 g/mol. The van der Waals surface area contributed by atoms with Gasteiger partial charge in [0, 0.05) is 5.71 Å². The Morgan fingerprint density at radius 2 is 2.04 bits per heavy atom. The molecule has 0 fully saturated rings. The zero-order chi connectivity index (χ0) is 16.7. The third-order valence-electron chi connectivity index (χ3n) is 5.11. The predicted octanol–water partition coefficient (Wildman–Crippen LogP) is 6.93. The molecule has 1 unspecified atom stereocenters. The van der Waals surface area contributed by atoms with Crippen LogP contribution in [-0.4, -0.2) is 5.71 Å². The van der Waals surface area contributed by atoms with Crippen LogP contribution in [0.5, 0.6) is 0 Å². The highest BCUT2D eigenvalue weighted by Gasteiger charge is 2.18. The van der Waals surface area contributed by atoms with Crippen molar-refractivity contribution in [2.24, 2.45) is 10.9 Å². The van der Waals surface area contributed by atoms with Crippen LogP contribution in [0.2, 0.25) is 0 Å². The van der Waals surface area contributed by atoms with Gasteiger partial charge in [-0.25, -0.2) is 0 Å². The van der Waals surface area contributed by atoms with Crippen LogP contribution >= 0.6 is 0 Å². The molecule has 1 aliphatic carbocycles. The van der Waals surface area contributed by atoms with Crippen molar-refractivity contribution in [2.75, 3.05) is 0 Å². The molecule has 0 aromatic carbocycles. The van der Waals surface area contributed by atoms with Crippen molar-refractivity contribution < 1.29 is 0 Å². The Bertz CT molecular complexity index is 555. The maximum absolute atomic E-state index is 5.18. The molecule has 2 aliphatic rings. The van der Waals surface area contributed by atoms with E-state index in [2.05, 4.69) is 52.0 Å². The van der Waals surface area contributed by atoms with Crippen molar-refractivity contribution in [1.82, 2.24) is 0 Å². The van der Waals surface area contributed by atoms with Gasteiger partial charge in [-0.1, -0.05) is 44.1 Å². The van der Waals surface area contributed by atoms with Crippen LogP contribution in [0.4, 0.5) is 0 Å². The monoisotopic (exact) mass is 311 g/mol. The van der Waals surface area contributed by atoms with Gasteiger partial charge in [0.05, 0.1) is 5.70 Å². The molecule has 1 aliphatic heterocycles. The van der Waals surface area contributed by atoms with Gasteiger partial charge >= 0.3 is 0 Å². The Hall–Kier alpha value is -1.37. The minimum absolute atomic E-state index is 0.730. The minimum Gasteiger partial charge on any atom is -0.253 e. The topological polar surface area (TPSA) is 12.4 Å². The van der Waals surface area contributed by atoms with Crippen molar-refractivity contribution in [2.45, 2.75) is 79.1 Å². The summed E-state index contributed by atoms with van der Waals surface area (Å²) in [6, 6.07) is 0. The number of hydrogen-bond donors (Lipinski definition) is 0. The van der Waals surface area contributed by atoms with Crippen LogP contribution < -0.4 is 0 Å². The molecule has 0 aromatic heterocycles. The summed E-state index contributed by atoms with van der Waals surface area (Å²) in [5, 5.41) is 0. The molecular weight excluding hydrogens is 278 g/mol. The van der Waals surface area contributed by atoms with E-state index in [0.29, 0.717) is 0 Å². The minimum atomic E-state index is 0.730. The van der Waals surface area contributed by atoms with Crippen molar-refractivity contribution in [3.8, 4) is 0 Å². The van der Waals surface area contributed by atoms with E-state index in [4.69, 9.17) is 4.99 Å². The van der Waals surface area contributed by atoms with Gasteiger partial charge in [0.1, 0.15) is 0 Å². The summed E-state index contributed by atoms with van der Waals surface area (Å²) < 4.78 is 0. The van der Waals surface area contributed by atoms with Gasteiger partial charge in [0.15, 0.2) is 0 Å². The van der Waals surface area contributed by atoms with Crippen molar-refractivity contribution in [1.29, 1.82) is 0 Å². The number of nitrogens with zero attached hydrogens (tertiary/aromatic N) is 1. The summed E-state index contributed by atoms with van der Waals surface area (Å²) >= 11 is 0. The van der Waals surface area contributed by atoms with Gasteiger partial charge in [-0.15, -0.1) is 0 Å². The second-order valence-corrected chi connectivity index (χ2v) is 7.10. The molecule has 126 valence electrons. The van der Waals surface area contributed by atoms with E-state index in [0.717, 1.165) is 18.8 Å². The van der Waals surface area contributed by atoms with Crippen molar-refractivity contribution in [3.63, 3.8) is 0 Å². The van der Waals surface area contributed by atoms with Crippen LogP contribution in [0.25, 0.3) is 0 Å². The molecule has 0 radical (unpaired) electrons. The molecule has 1 nitrogen and oxygen atoms in total. The van der Waals surface area contributed by atoms with Crippen LogP contribution in [-0.2, 0) is 0 Å². The molecule has 0 saturated heterocycles. The highest BCUT2D eigenvalue weighted by atomic mass is 14.8. The molecular formula is C22H33N. The highest BCUT2D eigenvalue weighted by Crippen LogP contribution is 2.29. The Morgan fingerprint density at radius 1 is 1.26 bits per heavy atom. The van der Waals surface area contributed by atoms with E-state index in [1.54, 1.807) is 0 Å². The summed E-state index contributed by atoms with van der Waals surface area (Å²) in [5.41, 5.74) is 6.93. The molecule has 0 spiro atoms. The lowest BCUT2D eigenvalue weighted by atomic mass is 9.86. The first-order chi connectivity index (χ1) is 11.1. The summed E-state index contributed by atoms with van der Waals surface area (Å²) in [4.78, 5) is 5.18. The molecule has 0 amide bonds. The Labute approximate surface area is 143 Å². The zero-order valence-electron chi connectivity index (χ0n) is 15.5. The van der Waals surface area contributed by atoms with E-state index in [1.807, 2.05) is 0 Å². The summed E-state index contributed by atoms with van der Waals surface area (Å²) in [7, 11) is 0. The normalized spacial score (nSPS) is 24.3. The summed E-state index contributed by atoms with van der Waals surface area (Å²) in [6.07, 6.45) is 18.9. The fourth-order valence-electron chi connectivity index (χ4n) is 3.37. The van der Waals surface area contributed by atoms with Crippen molar-refractivity contribution >= 4 is 5.71 Å². The van der Waals surface area contributed by atoms with Crippen LogP contribution in [0.3, 0.4) is 0 Å². The molecule has 0 aromatic rings. The third-order valence-corrected chi connectivity index (χ3v) is 5.11. The first-order valence-electron chi connectivity index (χ1n) is 9.44. The SMILES string of the molecule is CC=C(C)/C=C\C1=C(CC)CCCCCC2=CCC(C)CC2=N1. The first-order valence-corrected chi connectivity index (χ1v) is 9.44. The lowest BCUT2D eigenvalue weighted by Gasteiger charge is -2.23. The fraction of sp³-hybridized carbons (Fsp3) is 0.591. The first kappa shape index (κ1) is 18.0. The smallest absolute Gasteiger partial charge is 0.0625 e. The molecule has 1 heteroatoms. The third kappa shape index (κ3) is 5.34. The molecule has 2 rings (SSSR count). The maximum Gasteiger partial charge on any atom is 0.0625 e. The van der Waals surface area contributed by atoms with Crippen LogP contribution in [0, 0.1) is 5.92 Å². The Morgan fingerprint density at radius 3 is 2.78 bits per heavy atom. The van der Waals surface area contributed by atoms with E-state index in [-0.39, 0.29) is 0 Å².